The van der Waals surface area contributed by atoms with Crippen molar-refractivity contribution >= 4 is 40.4 Å². The standard InChI is InChI=1S/C20H19ClN4O3S/c1-24-11-14(10-22-20(27)16-6-7-17(21)29-16)23-19(24)13-2-4-15(5-3-13)25-8-9-28-12-18(25)26/h2-7,11H,8-10,12H2,1H3,(H,22,27). The quantitative estimate of drug-likeness (QED) is 0.674. The van der Waals surface area contributed by atoms with E-state index < -0.39 is 0 Å². The number of amides is 2. The Bertz CT molecular complexity index is 1040. The van der Waals surface area contributed by atoms with Gasteiger partial charge in [0.1, 0.15) is 12.4 Å². The van der Waals surface area contributed by atoms with Crippen LogP contribution in [0.15, 0.2) is 42.6 Å². The summed E-state index contributed by atoms with van der Waals surface area (Å²) in [5.41, 5.74) is 2.53. The molecule has 1 saturated heterocycles. The number of hydrogen-bond donors (Lipinski definition) is 1. The Morgan fingerprint density at radius 1 is 1.28 bits per heavy atom. The summed E-state index contributed by atoms with van der Waals surface area (Å²) < 4.78 is 7.67. The lowest BCUT2D eigenvalue weighted by Crippen LogP contribution is -2.41. The van der Waals surface area contributed by atoms with Gasteiger partial charge in [-0.3, -0.25) is 9.59 Å². The molecule has 0 saturated carbocycles. The molecule has 4 rings (SSSR count). The Morgan fingerprint density at radius 2 is 2.07 bits per heavy atom. The minimum absolute atomic E-state index is 0.0361. The van der Waals surface area contributed by atoms with Crippen LogP contribution in [0.3, 0.4) is 0 Å². The van der Waals surface area contributed by atoms with E-state index in [0.717, 1.165) is 22.8 Å². The zero-order valence-electron chi connectivity index (χ0n) is 15.7. The van der Waals surface area contributed by atoms with Crippen LogP contribution in [0.25, 0.3) is 11.4 Å². The highest BCUT2D eigenvalue weighted by Gasteiger charge is 2.20. The van der Waals surface area contributed by atoms with E-state index in [9.17, 15) is 9.59 Å². The topological polar surface area (TPSA) is 76.5 Å². The summed E-state index contributed by atoms with van der Waals surface area (Å²) in [5, 5.41) is 2.86. The summed E-state index contributed by atoms with van der Waals surface area (Å²) in [6.45, 7) is 1.54. The molecule has 0 aliphatic carbocycles. The molecule has 29 heavy (non-hydrogen) atoms. The largest absolute Gasteiger partial charge is 0.370 e. The summed E-state index contributed by atoms with van der Waals surface area (Å²) in [7, 11) is 1.91. The lowest BCUT2D eigenvalue weighted by atomic mass is 10.1. The molecule has 150 valence electrons. The van der Waals surface area contributed by atoms with E-state index in [0.29, 0.717) is 28.9 Å². The Hall–Kier alpha value is -2.68. The number of hydrogen-bond acceptors (Lipinski definition) is 5. The molecule has 3 aromatic rings. The number of carbonyl (C=O) groups is 2. The number of halogens is 1. The molecule has 7 nitrogen and oxygen atoms in total. The number of nitrogens with one attached hydrogen (secondary N) is 1. The van der Waals surface area contributed by atoms with E-state index in [1.54, 1.807) is 17.0 Å². The molecule has 2 amide bonds. The van der Waals surface area contributed by atoms with Crippen LogP contribution in [0.4, 0.5) is 5.69 Å². The maximum absolute atomic E-state index is 12.2. The molecule has 0 radical (unpaired) electrons. The van der Waals surface area contributed by atoms with Gasteiger partial charge < -0.3 is 19.5 Å². The first-order chi connectivity index (χ1) is 14.0. The molecular formula is C20H19ClN4O3S. The number of morpholine rings is 1. The zero-order valence-corrected chi connectivity index (χ0v) is 17.3. The van der Waals surface area contributed by atoms with Gasteiger partial charge in [-0.15, -0.1) is 11.3 Å². The Labute approximate surface area is 176 Å². The van der Waals surface area contributed by atoms with Gasteiger partial charge >= 0.3 is 0 Å². The Kier molecular flexibility index (Phi) is 5.66. The van der Waals surface area contributed by atoms with Crippen molar-refractivity contribution in [3.63, 3.8) is 0 Å². The molecule has 3 heterocycles. The molecule has 1 N–H and O–H groups in total. The van der Waals surface area contributed by atoms with Crippen molar-refractivity contribution in [2.24, 2.45) is 7.05 Å². The van der Waals surface area contributed by atoms with E-state index in [2.05, 4.69) is 10.3 Å². The van der Waals surface area contributed by atoms with Crippen LogP contribution in [0.2, 0.25) is 4.34 Å². The van der Waals surface area contributed by atoms with Crippen molar-refractivity contribution < 1.29 is 14.3 Å². The lowest BCUT2D eigenvalue weighted by molar-refractivity contribution is -0.125. The number of nitrogens with zero attached hydrogens (tertiary/aromatic N) is 3. The average molecular weight is 431 g/mol. The highest BCUT2D eigenvalue weighted by atomic mass is 35.5. The van der Waals surface area contributed by atoms with Gasteiger partial charge in [0.05, 0.1) is 28.1 Å². The lowest BCUT2D eigenvalue weighted by Gasteiger charge is -2.26. The van der Waals surface area contributed by atoms with Gasteiger partial charge in [-0.05, 0) is 36.4 Å². The fourth-order valence-corrected chi connectivity index (χ4v) is 4.12. The number of benzene rings is 1. The molecule has 0 atom stereocenters. The van der Waals surface area contributed by atoms with Crippen LogP contribution in [0.5, 0.6) is 0 Å². The van der Waals surface area contributed by atoms with Gasteiger partial charge in [0.2, 0.25) is 0 Å². The first kappa shape index (κ1) is 19.6. The molecular weight excluding hydrogens is 412 g/mol. The normalized spacial score (nSPS) is 14.3. The zero-order chi connectivity index (χ0) is 20.4. The van der Waals surface area contributed by atoms with Crippen molar-refractivity contribution in [3.05, 3.63) is 57.5 Å². The van der Waals surface area contributed by atoms with Crippen molar-refractivity contribution in [1.29, 1.82) is 0 Å². The van der Waals surface area contributed by atoms with E-state index >= 15 is 0 Å². The Balaban J connectivity index is 1.44. The highest BCUT2D eigenvalue weighted by Crippen LogP contribution is 2.24. The summed E-state index contributed by atoms with van der Waals surface area (Å²) in [6, 6.07) is 11.1. The number of thiophene rings is 1. The van der Waals surface area contributed by atoms with Crippen LogP contribution in [-0.2, 0) is 23.1 Å². The van der Waals surface area contributed by atoms with Gasteiger partial charge in [-0.1, -0.05) is 11.6 Å². The Morgan fingerprint density at radius 3 is 2.76 bits per heavy atom. The summed E-state index contributed by atoms with van der Waals surface area (Å²) in [6.07, 6.45) is 1.89. The highest BCUT2D eigenvalue weighted by molar-refractivity contribution is 7.17. The van der Waals surface area contributed by atoms with Gasteiger partial charge in [0.25, 0.3) is 11.8 Å². The first-order valence-electron chi connectivity index (χ1n) is 9.05. The second kappa shape index (κ2) is 8.36. The number of aryl methyl sites for hydroxylation is 1. The SMILES string of the molecule is Cn1cc(CNC(=O)c2ccc(Cl)s2)nc1-c1ccc(N2CCOCC2=O)cc1. The maximum atomic E-state index is 12.2. The van der Waals surface area contributed by atoms with E-state index in [-0.39, 0.29) is 18.4 Å². The second-order valence-corrected chi connectivity index (χ2v) is 8.31. The average Bonchev–Trinajstić information content (AvgIpc) is 3.32. The molecule has 2 aromatic heterocycles. The summed E-state index contributed by atoms with van der Waals surface area (Å²) in [4.78, 5) is 31.1. The number of carbonyl (C=O) groups excluding carboxylic acids is 2. The summed E-state index contributed by atoms with van der Waals surface area (Å²) in [5.74, 6) is 0.577. The van der Waals surface area contributed by atoms with Crippen molar-refractivity contribution in [2.45, 2.75) is 6.54 Å². The number of anilines is 1. The maximum Gasteiger partial charge on any atom is 0.261 e. The predicted molar refractivity (Wildman–Crippen MR) is 112 cm³/mol. The van der Waals surface area contributed by atoms with Gasteiger partial charge in [0.15, 0.2) is 0 Å². The molecule has 9 heteroatoms. The van der Waals surface area contributed by atoms with E-state index in [1.807, 2.05) is 42.1 Å². The van der Waals surface area contributed by atoms with Gasteiger partial charge in [-0.25, -0.2) is 4.98 Å². The molecule has 0 unspecified atom stereocenters. The smallest absolute Gasteiger partial charge is 0.261 e. The van der Waals surface area contributed by atoms with Crippen molar-refractivity contribution in [3.8, 4) is 11.4 Å². The molecule has 1 fully saturated rings. The monoisotopic (exact) mass is 430 g/mol. The second-order valence-electron chi connectivity index (χ2n) is 6.60. The van der Waals surface area contributed by atoms with Gasteiger partial charge in [-0.2, -0.15) is 0 Å². The summed E-state index contributed by atoms with van der Waals surface area (Å²) >= 11 is 7.12. The van der Waals surface area contributed by atoms with E-state index in [1.165, 1.54) is 11.3 Å². The third-order valence-corrected chi connectivity index (χ3v) is 5.81. The van der Waals surface area contributed by atoms with Crippen LogP contribution < -0.4 is 10.2 Å². The number of ether oxygens (including phenoxy) is 1. The van der Waals surface area contributed by atoms with Crippen molar-refractivity contribution in [2.75, 3.05) is 24.7 Å². The molecule has 1 aliphatic heterocycles. The fourth-order valence-electron chi connectivity index (χ4n) is 3.16. The van der Waals surface area contributed by atoms with Crippen LogP contribution in [-0.4, -0.2) is 41.1 Å². The molecule has 1 aromatic carbocycles. The number of imidazole rings is 1. The van der Waals surface area contributed by atoms with Crippen molar-refractivity contribution in [1.82, 2.24) is 14.9 Å². The first-order valence-corrected chi connectivity index (χ1v) is 10.2. The minimum atomic E-state index is -0.173. The third-order valence-electron chi connectivity index (χ3n) is 4.58. The van der Waals surface area contributed by atoms with Crippen LogP contribution >= 0.6 is 22.9 Å². The minimum Gasteiger partial charge on any atom is -0.370 e. The van der Waals surface area contributed by atoms with E-state index in [4.69, 9.17) is 16.3 Å². The molecule has 0 spiro atoms. The van der Waals surface area contributed by atoms with Gasteiger partial charge in [0, 0.05) is 31.0 Å². The number of aromatic nitrogens is 2. The van der Waals surface area contributed by atoms with Crippen LogP contribution in [0.1, 0.15) is 15.4 Å². The van der Waals surface area contributed by atoms with Crippen LogP contribution in [0, 0.1) is 0 Å². The fraction of sp³-hybridized carbons (Fsp3) is 0.250. The third kappa shape index (κ3) is 4.34. The predicted octanol–water partition coefficient (Wildman–Crippen LogP) is 3.10. The number of rotatable bonds is 5. The molecule has 0 bridgehead atoms. The molecule has 1 aliphatic rings.